The van der Waals surface area contributed by atoms with Gasteiger partial charge in [0.2, 0.25) is 5.95 Å². The van der Waals surface area contributed by atoms with Crippen LogP contribution in [-0.4, -0.2) is 24.4 Å². The largest absolute Gasteiger partial charge is 0.332 e. The number of fused-ring (bicyclic) bond motifs is 3. The van der Waals surface area contributed by atoms with E-state index in [1.807, 2.05) is 26.8 Å². The summed E-state index contributed by atoms with van der Waals surface area (Å²) in [7, 11) is 1.62. The van der Waals surface area contributed by atoms with Gasteiger partial charge in [-0.25, -0.2) is 10.2 Å². The van der Waals surface area contributed by atoms with Crippen molar-refractivity contribution in [1.29, 1.82) is 0 Å². The van der Waals surface area contributed by atoms with E-state index in [2.05, 4.69) is 15.5 Å². The molecular weight excluding hydrogens is 284 g/mol. The zero-order valence-electron chi connectivity index (χ0n) is 13.0. The lowest BCUT2D eigenvalue weighted by Gasteiger charge is -2.21. The van der Waals surface area contributed by atoms with Crippen LogP contribution in [0, 0.1) is 0 Å². The Morgan fingerprint density at radius 2 is 2.09 bits per heavy atom. The van der Waals surface area contributed by atoms with E-state index in [9.17, 15) is 9.59 Å². The van der Waals surface area contributed by atoms with Crippen LogP contribution in [0.3, 0.4) is 0 Å². The Balaban J connectivity index is 2.41. The number of aromatic nitrogens is 4. The molecule has 0 saturated heterocycles. The van der Waals surface area contributed by atoms with Crippen LogP contribution in [0.5, 0.6) is 0 Å². The normalized spacial score (nSPS) is 17.6. The lowest BCUT2D eigenvalue weighted by molar-refractivity contribution is 0.652. The lowest BCUT2D eigenvalue weighted by Crippen LogP contribution is -2.39. The molecule has 2 aromatic rings. The van der Waals surface area contributed by atoms with E-state index in [1.54, 1.807) is 17.7 Å². The molecule has 2 aromatic heterocycles. The Labute approximate surface area is 126 Å². The van der Waals surface area contributed by atoms with Gasteiger partial charge in [0.05, 0.1) is 11.8 Å². The summed E-state index contributed by atoms with van der Waals surface area (Å²) < 4.78 is 4.41. The molecule has 1 aliphatic rings. The zero-order valence-corrected chi connectivity index (χ0v) is 13.0. The summed E-state index contributed by atoms with van der Waals surface area (Å²) in [6.45, 7) is 5.92. The minimum Gasteiger partial charge on any atom is -0.294 e. The second-order valence-electron chi connectivity index (χ2n) is 5.34. The average Bonchev–Trinajstić information content (AvgIpc) is 2.89. The number of hydrogen-bond donors (Lipinski definition) is 1. The molecule has 0 radical (unpaired) electrons. The van der Waals surface area contributed by atoms with Gasteiger partial charge < -0.3 is 0 Å². The fourth-order valence-corrected chi connectivity index (χ4v) is 2.59. The first-order chi connectivity index (χ1) is 10.5. The molecule has 0 aliphatic carbocycles. The summed E-state index contributed by atoms with van der Waals surface area (Å²) >= 11 is 0. The highest BCUT2D eigenvalue weighted by atomic mass is 16.2. The van der Waals surface area contributed by atoms with E-state index < -0.39 is 0 Å². The predicted molar refractivity (Wildman–Crippen MR) is 85.5 cm³/mol. The zero-order chi connectivity index (χ0) is 16.0. The van der Waals surface area contributed by atoms with Gasteiger partial charge in [0.25, 0.3) is 5.56 Å². The van der Waals surface area contributed by atoms with Gasteiger partial charge in [-0.2, -0.15) is 10.1 Å². The van der Waals surface area contributed by atoms with Gasteiger partial charge >= 0.3 is 5.69 Å². The number of imidazole rings is 1. The quantitative estimate of drug-likeness (QED) is 0.833. The van der Waals surface area contributed by atoms with Crippen molar-refractivity contribution in [2.75, 3.05) is 5.43 Å². The number of nitrogens with one attached hydrogen (secondary N) is 1. The number of anilines is 1. The monoisotopic (exact) mass is 302 g/mol. The van der Waals surface area contributed by atoms with Gasteiger partial charge in [-0.05, 0) is 20.8 Å². The van der Waals surface area contributed by atoms with Crippen LogP contribution in [-0.2, 0) is 13.6 Å². The van der Waals surface area contributed by atoms with Crippen molar-refractivity contribution in [3.8, 4) is 0 Å². The van der Waals surface area contributed by atoms with Crippen LogP contribution in [0.1, 0.15) is 26.8 Å². The van der Waals surface area contributed by atoms with Crippen LogP contribution >= 0.6 is 0 Å². The molecular formula is C14H18N6O2. The maximum atomic E-state index is 12.8. The van der Waals surface area contributed by atoms with Crippen molar-refractivity contribution in [2.24, 2.45) is 12.1 Å². The third-order valence-electron chi connectivity index (χ3n) is 4.02. The highest BCUT2D eigenvalue weighted by molar-refractivity contribution is 5.90. The van der Waals surface area contributed by atoms with Gasteiger partial charge in [-0.15, -0.1) is 0 Å². The van der Waals surface area contributed by atoms with Crippen LogP contribution in [0.4, 0.5) is 5.95 Å². The van der Waals surface area contributed by atoms with E-state index in [4.69, 9.17) is 0 Å². The molecule has 0 spiro atoms. The minimum atomic E-state index is -0.378. The first-order valence-corrected chi connectivity index (χ1v) is 7.10. The van der Waals surface area contributed by atoms with Crippen molar-refractivity contribution in [3.05, 3.63) is 33.0 Å². The summed E-state index contributed by atoms with van der Waals surface area (Å²) in [6, 6.07) is -0.0957. The van der Waals surface area contributed by atoms with Crippen molar-refractivity contribution in [1.82, 2.24) is 18.7 Å². The lowest BCUT2D eigenvalue weighted by atomic mass is 10.2. The summed E-state index contributed by atoms with van der Waals surface area (Å²) in [5.41, 5.74) is 3.74. The van der Waals surface area contributed by atoms with Gasteiger partial charge in [0, 0.05) is 13.6 Å². The molecule has 3 rings (SSSR count). The molecule has 0 saturated carbocycles. The van der Waals surface area contributed by atoms with E-state index in [0.29, 0.717) is 17.1 Å². The first-order valence-electron chi connectivity index (χ1n) is 7.10. The molecule has 0 unspecified atom stereocenters. The Kier molecular flexibility index (Phi) is 3.23. The summed E-state index contributed by atoms with van der Waals surface area (Å²) in [5.74, 6) is 0.476. The third-order valence-corrected chi connectivity index (χ3v) is 4.02. The van der Waals surface area contributed by atoms with E-state index in [1.165, 1.54) is 9.13 Å². The first kappa shape index (κ1) is 14.3. The Hall–Kier alpha value is -2.64. The molecule has 116 valence electrons. The van der Waals surface area contributed by atoms with E-state index in [0.717, 1.165) is 5.71 Å². The van der Waals surface area contributed by atoms with E-state index >= 15 is 0 Å². The second kappa shape index (κ2) is 4.97. The molecule has 3 heterocycles. The molecule has 0 aromatic carbocycles. The number of rotatable bonds is 2. The third kappa shape index (κ3) is 1.83. The molecule has 1 atom stereocenters. The van der Waals surface area contributed by atoms with Gasteiger partial charge in [0.1, 0.15) is 0 Å². The fourth-order valence-electron chi connectivity index (χ4n) is 2.59. The fraction of sp³-hybridized carbons (Fsp3) is 0.429. The van der Waals surface area contributed by atoms with Crippen molar-refractivity contribution < 1.29 is 0 Å². The number of hydrazone groups is 1. The Bertz CT molecular complexity index is 927. The van der Waals surface area contributed by atoms with Crippen molar-refractivity contribution in [2.45, 2.75) is 33.4 Å². The summed E-state index contributed by atoms with van der Waals surface area (Å²) in [6.07, 6.45) is 3.58. The van der Waals surface area contributed by atoms with Gasteiger partial charge in [0.15, 0.2) is 11.2 Å². The molecule has 8 heteroatoms. The van der Waals surface area contributed by atoms with E-state index in [-0.39, 0.29) is 23.8 Å². The SMILES string of the molecule is C/C=C/Cn1c(=O)c2c(nc3n2[C@H](C)C(C)=NN3)n(C)c1=O. The molecule has 8 nitrogen and oxygen atoms in total. The van der Waals surface area contributed by atoms with Crippen LogP contribution in [0.15, 0.2) is 26.8 Å². The predicted octanol–water partition coefficient (Wildman–Crippen LogP) is 0.835. The standard InChI is InChI=1S/C14H18N6O2/c1-5-6-7-19-12(21)10-11(18(4)14(19)22)15-13-17-16-8(2)9(3)20(10)13/h5-6,9H,7H2,1-4H3,(H,15,17)/b6-5+/t9-/m1/s1. The number of allylic oxidation sites excluding steroid dienone is 2. The van der Waals surface area contributed by atoms with Crippen molar-refractivity contribution in [3.63, 3.8) is 0 Å². The molecule has 1 aliphatic heterocycles. The number of aryl methyl sites for hydroxylation is 1. The number of hydrogen-bond acceptors (Lipinski definition) is 5. The van der Waals surface area contributed by atoms with Crippen LogP contribution in [0.2, 0.25) is 0 Å². The maximum absolute atomic E-state index is 12.8. The smallest absolute Gasteiger partial charge is 0.294 e. The Morgan fingerprint density at radius 3 is 2.77 bits per heavy atom. The highest BCUT2D eigenvalue weighted by Gasteiger charge is 2.26. The molecule has 0 amide bonds. The highest BCUT2D eigenvalue weighted by Crippen LogP contribution is 2.25. The topological polar surface area (TPSA) is 86.2 Å². The van der Waals surface area contributed by atoms with Crippen LogP contribution in [0.25, 0.3) is 11.2 Å². The number of nitrogens with zero attached hydrogens (tertiary/aromatic N) is 5. The molecule has 0 bridgehead atoms. The molecule has 0 fully saturated rings. The maximum Gasteiger partial charge on any atom is 0.332 e. The van der Waals surface area contributed by atoms with Gasteiger partial charge in [-0.3, -0.25) is 18.5 Å². The summed E-state index contributed by atoms with van der Waals surface area (Å²) in [4.78, 5) is 29.5. The summed E-state index contributed by atoms with van der Waals surface area (Å²) in [5, 5.41) is 4.18. The van der Waals surface area contributed by atoms with Crippen molar-refractivity contribution >= 4 is 22.8 Å². The minimum absolute atomic E-state index is 0.0957. The second-order valence-corrected chi connectivity index (χ2v) is 5.34. The average molecular weight is 302 g/mol. The Morgan fingerprint density at radius 1 is 1.36 bits per heavy atom. The molecule has 22 heavy (non-hydrogen) atoms. The molecule has 1 N–H and O–H groups in total. The van der Waals surface area contributed by atoms with Crippen LogP contribution < -0.4 is 16.7 Å². The van der Waals surface area contributed by atoms with Gasteiger partial charge in [-0.1, -0.05) is 12.2 Å².